The van der Waals surface area contributed by atoms with Crippen LogP contribution in [0, 0.1) is 15.9 Å². The van der Waals surface area contributed by atoms with Crippen LogP contribution in [0.3, 0.4) is 0 Å². The molecule has 2 aromatic rings. The maximum atomic E-state index is 13.6. The van der Waals surface area contributed by atoms with Crippen molar-refractivity contribution in [2.45, 2.75) is 0 Å². The number of hydrogen-bond donors (Lipinski definition) is 1. The lowest BCUT2D eigenvalue weighted by Crippen LogP contribution is -2.12. The first kappa shape index (κ1) is 14.9. The first-order valence-corrected chi connectivity index (χ1v) is 6.25. The van der Waals surface area contributed by atoms with Crippen LogP contribution in [0.4, 0.5) is 10.1 Å². The first-order chi connectivity index (χ1) is 9.88. The minimum Gasteiger partial charge on any atom is -0.434 e. The quantitative estimate of drug-likeness (QED) is 0.669. The third kappa shape index (κ3) is 3.31. The van der Waals surface area contributed by atoms with Gasteiger partial charge in [-0.15, -0.1) is 0 Å². The normalized spacial score (nSPS) is 10.2. The van der Waals surface area contributed by atoms with Gasteiger partial charge in [0.1, 0.15) is 11.6 Å². The summed E-state index contributed by atoms with van der Waals surface area (Å²) in [5.41, 5.74) is 4.28. The van der Waals surface area contributed by atoms with Crippen molar-refractivity contribution >= 4 is 27.5 Å². The number of ether oxygens (including phenoxy) is 1. The molecule has 9 heteroatoms. The van der Waals surface area contributed by atoms with Gasteiger partial charge in [-0.2, -0.15) is 0 Å². The van der Waals surface area contributed by atoms with Crippen molar-refractivity contribution in [1.82, 2.24) is 4.98 Å². The highest BCUT2D eigenvalue weighted by Gasteiger charge is 2.19. The summed E-state index contributed by atoms with van der Waals surface area (Å²) in [6.07, 6.45) is 1.30. The summed E-state index contributed by atoms with van der Waals surface area (Å²) in [6.45, 7) is 0. The molecule has 0 atom stereocenters. The summed E-state index contributed by atoms with van der Waals surface area (Å²) >= 11 is 3.05. The average molecular weight is 356 g/mol. The van der Waals surface area contributed by atoms with E-state index in [0.717, 1.165) is 12.1 Å². The van der Waals surface area contributed by atoms with Gasteiger partial charge in [-0.05, 0) is 28.1 Å². The van der Waals surface area contributed by atoms with Gasteiger partial charge in [0, 0.05) is 22.8 Å². The van der Waals surface area contributed by atoms with E-state index in [2.05, 4.69) is 20.9 Å². The standard InChI is InChI=1S/C12H7BrFN3O4/c13-6-3-10(17(19)20)12(16-5-6)21-7-1-2-8(11(15)18)9(14)4-7/h1-5H,(H2,15,18). The Hall–Kier alpha value is -2.55. The van der Waals surface area contributed by atoms with Crippen LogP contribution >= 0.6 is 15.9 Å². The molecule has 1 heterocycles. The van der Waals surface area contributed by atoms with E-state index in [1.54, 1.807) is 0 Å². The van der Waals surface area contributed by atoms with Gasteiger partial charge in [0.25, 0.3) is 11.8 Å². The second-order valence-corrected chi connectivity index (χ2v) is 4.76. The van der Waals surface area contributed by atoms with E-state index in [9.17, 15) is 19.3 Å². The highest BCUT2D eigenvalue weighted by Crippen LogP contribution is 2.31. The van der Waals surface area contributed by atoms with E-state index in [4.69, 9.17) is 10.5 Å². The zero-order valence-corrected chi connectivity index (χ0v) is 11.8. The fourth-order valence-corrected chi connectivity index (χ4v) is 1.82. The SMILES string of the molecule is NC(=O)c1ccc(Oc2ncc(Br)cc2[N+](=O)[O-])cc1F. The number of primary amides is 1. The van der Waals surface area contributed by atoms with Crippen LogP contribution in [0.5, 0.6) is 11.6 Å². The van der Waals surface area contributed by atoms with Crippen LogP contribution < -0.4 is 10.5 Å². The Balaban J connectivity index is 2.37. The number of halogens is 2. The monoisotopic (exact) mass is 355 g/mol. The van der Waals surface area contributed by atoms with Crippen molar-refractivity contribution in [1.29, 1.82) is 0 Å². The summed E-state index contributed by atoms with van der Waals surface area (Å²) in [6, 6.07) is 4.48. The molecule has 2 rings (SSSR count). The van der Waals surface area contributed by atoms with Gasteiger partial charge in [-0.25, -0.2) is 9.37 Å². The molecule has 7 nitrogen and oxygen atoms in total. The molecule has 0 radical (unpaired) electrons. The molecule has 0 aliphatic carbocycles. The molecule has 21 heavy (non-hydrogen) atoms. The minimum atomic E-state index is -0.924. The number of aromatic nitrogens is 1. The molecule has 0 unspecified atom stereocenters. The lowest BCUT2D eigenvalue weighted by atomic mass is 10.2. The number of nitrogens with zero attached hydrogens (tertiary/aromatic N) is 2. The molecule has 0 fully saturated rings. The lowest BCUT2D eigenvalue weighted by Gasteiger charge is -2.06. The Bertz CT molecular complexity index is 738. The second-order valence-electron chi connectivity index (χ2n) is 3.84. The van der Waals surface area contributed by atoms with E-state index < -0.39 is 16.6 Å². The van der Waals surface area contributed by atoms with Crippen LogP contribution in [0.25, 0.3) is 0 Å². The molecule has 0 aliphatic heterocycles. The molecular formula is C12H7BrFN3O4. The van der Waals surface area contributed by atoms with E-state index in [1.807, 2.05) is 0 Å². The highest BCUT2D eigenvalue weighted by molar-refractivity contribution is 9.10. The van der Waals surface area contributed by atoms with Crippen LogP contribution in [0.15, 0.2) is 34.9 Å². The van der Waals surface area contributed by atoms with Gasteiger partial charge in [-0.3, -0.25) is 14.9 Å². The van der Waals surface area contributed by atoms with E-state index in [1.165, 1.54) is 18.3 Å². The fraction of sp³-hybridized carbons (Fsp3) is 0. The molecule has 0 bridgehead atoms. The molecule has 108 valence electrons. The third-order valence-electron chi connectivity index (χ3n) is 2.42. The van der Waals surface area contributed by atoms with Gasteiger partial charge < -0.3 is 10.5 Å². The summed E-state index contributed by atoms with van der Waals surface area (Å²) in [4.78, 5) is 24.9. The Labute approximate surface area is 125 Å². The van der Waals surface area contributed by atoms with Gasteiger partial charge >= 0.3 is 5.69 Å². The largest absolute Gasteiger partial charge is 0.434 e. The molecule has 0 saturated carbocycles. The minimum absolute atomic E-state index is 0.0459. The molecule has 1 aromatic carbocycles. The predicted octanol–water partition coefficient (Wildman–Crippen LogP) is 2.78. The van der Waals surface area contributed by atoms with Crippen molar-refractivity contribution in [3.63, 3.8) is 0 Å². The van der Waals surface area contributed by atoms with Gasteiger partial charge in [-0.1, -0.05) is 0 Å². The number of hydrogen-bond acceptors (Lipinski definition) is 5. The molecule has 1 aromatic heterocycles. The zero-order valence-electron chi connectivity index (χ0n) is 10.2. The molecule has 0 aliphatic rings. The molecular weight excluding hydrogens is 349 g/mol. The molecule has 0 saturated heterocycles. The Morgan fingerprint density at radius 1 is 1.43 bits per heavy atom. The van der Waals surface area contributed by atoms with Crippen LogP contribution in [0.1, 0.15) is 10.4 Å². The first-order valence-electron chi connectivity index (χ1n) is 5.45. The molecule has 2 N–H and O–H groups in total. The number of pyridine rings is 1. The van der Waals surface area contributed by atoms with Crippen LogP contribution in [-0.2, 0) is 0 Å². The van der Waals surface area contributed by atoms with Gasteiger partial charge in [0.2, 0.25) is 0 Å². The number of carbonyl (C=O) groups is 1. The molecule has 1 amide bonds. The van der Waals surface area contributed by atoms with Crippen molar-refractivity contribution in [2.24, 2.45) is 5.73 Å². The number of amides is 1. The highest BCUT2D eigenvalue weighted by atomic mass is 79.9. The lowest BCUT2D eigenvalue weighted by molar-refractivity contribution is -0.386. The second kappa shape index (κ2) is 5.83. The van der Waals surface area contributed by atoms with Crippen molar-refractivity contribution in [3.8, 4) is 11.6 Å². The van der Waals surface area contributed by atoms with E-state index in [-0.39, 0.29) is 22.9 Å². The van der Waals surface area contributed by atoms with E-state index >= 15 is 0 Å². The van der Waals surface area contributed by atoms with Crippen LogP contribution in [0.2, 0.25) is 0 Å². The zero-order chi connectivity index (χ0) is 15.6. The summed E-state index contributed by atoms with van der Waals surface area (Å²) in [7, 11) is 0. The maximum Gasteiger partial charge on any atom is 0.332 e. The van der Waals surface area contributed by atoms with Crippen molar-refractivity contribution in [3.05, 3.63) is 56.4 Å². The third-order valence-corrected chi connectivity index (χ3v) is 2.85. The predicted molar refractivity (Wildman–Crippen MR) is 73.6 cm³/mol. The van der Waals surface area contributed by atoms with Crippen molar-refractivity contribution < 1.29 is 18.8 Å². The number of carbonyl (C=O) groups excluding carboxylic acids is 1. The smallest absolute Gasteiger partial charge is 0.332 e. The number of rotatable bonds is 4. The number of benzene rings is 1. The van der Waals surface area contributed by atoms with Gasteiger partial charge in [0.15, 0.2) is 0 Å². The topological polar surface area (TPSA) is 108 Å². The average Bonchev–Trinajstić information content (AvgIpc) is 2.40. The summed E-state index contributed by atoms with van der Waals surface area (Å²) in [5, 5.41) is 10.9. The summed E-state index contributed by atoms with van der Waals surface area (Å²) < 4.78 is 19.2. The Morgan fingerprint density at radius 2 is 2.14 bits per heavy atom. The van der Waals surface area contributed by atoms with Gasteiger partial charge in [0.05, 0.1) is 10.5 Å². The number of nitrogens with two attached hydrogens (primary N) is 1. The van der Waals surface area contributed by atoms with Crippen LogP contribution in [-0.4, -0.2) is 15.8 Å². The summed E-state index contributed by atoms with van der Waals surface area (Å²) in [5.74, 6) is -2.16. The number of nitro groups is 1. The fourth-order valence-electron chi connectivity index (χ4n) is 1.50. The Morgan fingerprint density at radius 3 is 2.71 bits per heavy atom. The van der Waals surface area contributed by atoms with E-state index in [0.29, 0.717) is 4.47 Å². The Kier molecular flexibility index (Phi) is 4.13. The van der Waals surface area contributed by atoms with Crippen molar-refractivity contribution in [2.75, 3.05) is 0 Å². The molecule has 0 spiro atoms. The maximum absolute atomic E-state index is 13.6.